The topological polar surface area (TPSA) is 68.2 Å². The van der Waals surface area contributed by atoms with E-state index in [1.807, 2.05) is 16.8 Å². The van der Waals surface area contributed by atoms with Gasteiger partial charge >= 0.3 is 0 Å². The largest absolute Gasteiger partial charge is 0.491 e. The molecule has 0 radical (unpaired) electrons. The lowest BCUT2D eigenvalue weighted by Gasteiger charge is -2.33. The van der Waals surface area contributed by atoms with Crippen LogP contribution in [0.3, 0.4) is 0 Å². The molecule has 1 amide bonds. The quantitative estimate of drug-likeness (QED) is 0.678. The van der Waals surface area contributed by atoms with Gasteiger partial charge < -0.3 is 15.4 Å². The number of aromatic nitrogens is 2. The standard InChI is InChI=1S/C23H22F2N4O2/c24-16-9-15(10-17(25)12-16)18-3-5-26-13-20(18)28-23(30)14-1-2-19-21-4-6-27-29(21)7-8-31-22(19)11-14/h1-2,4,6,9-12,18,20,26H,3,5,7-8,13H2,(H,28,30)/t18-,20+/m0/s1. The normalized spacial score (nSPS) is 20.2. The minimum absolute atomic E-state index is 0.179. The zero-order chi connectivity index (χ0) is 21.4. The average Bonchev–Trinajstić information content (AvgIpc) is 3.14. The van der Waals surface area contributed by atoms with Gasteiger partial charge in [0.25, 0.3) is 5.91 Å². The van der Waals surface area contributed by atoms with Crippen LogP contribution in [-0.4, -0.2) is 41.4 Å². The summed E-state index contributed by atoms with van der Waals surface area (Å²) in [6.07, 6.45) is 2.42. The number of hydrogen-bond acceptors (Lipinski definition) is 4. The van der Waals surface area contributed by atoms with E-state index in [1.54, 1.807) is 18.3 Å². The third-order valence-electron chi connectivity index (χ3n) is 5.91. The predicted molar refractivity (Wildman–Crippen MR) is 111 cm³/mol. The van der Waals surface area contributed by atoms with Crippen LogP contribution in [-0.2, 0) is 6.54 Å². The van der Waals surface area contributed by atoms with Crippen molar-refractivity contribution in [2.75, 3.05) is 19.7 Å². The van der Waals surface area contributed by atoms with Gasteiger partial charge in [-0.3, -0.25) is 9.48 Å². The summed E-state index contributed by atoms with van der Waals surface area (Å²) >= 11 is 0. The molecule has 2 N–H and O–H groups in total. The lowest BCUT2D eigenvalue weighted by molar-refractivity contribution is 0.0924. The Hall–Kier alpha value is -3.26. The summed E-state index contributed by atoms with van der Waals surface area (Å²) in [5.74, 6) is -1.01. The van der Waals surface area contributed by atoms with E-state index >= 15 is 0 Å². The van der Waals surface area contributed by atoms with E-state index in [-0.39, 0.29) is 17.9 Å². The molecular weight excluding hydrogens is 402 g/mol. The smallest absolute Gasteiger partial charge is 0.251 e. The molecule has 3 heterocycles. The van der Waals surface area contributed by atoms with Crippen molar-refractivity contribution >= 4 is 5.91 Å². The van der Waals surface area contributed by atoms with Crippen molar-refractivity contribution in [2.24, 2.45) is 0 Å². The SMILES string of the molecule is O=C(N[C@@H]1CNCC[C@H]1c1cc(F)cc(F)c1)c1ccc2c(c1)OCCn1nccc1-2. The Labute approximate surface area is 178 Å². The van der Waals surface area contributed by atoms with Crippen molar-refractivity contribution in [2.45, 2.75) is 24.9 Å². The highest BCUT2D eigenvalue weighted by molar-refractivity contribution is 5.95. The van der Waals surface area contributed by atoms with Gasteiger partial charge in [0, 0.05) is 41.9 Å². The first-order valence-electron chi connectivity index (χ1n) is 10.3. The second-order valence-corrected chi connectivity index (χ2v) is 7.88. The predicted octanol–water partition coefficient (Wildman–Crippen LogP) is 3.10. The highest BCUT2D eigenvalue weighted by atomic mass is 19.1. The van der Waals surface area contributed by atoms with Crippen LogP contribution in [0, 0.1) is 11.6 Å². The highest BCUT2D eigenvalue weighted by Crippen LogP contribution is 2.33. The number of ether oxygens (including phenoxy) is 1. The third kappa shape index (κ3) is 3.90. The average molecular weight is 424 g/mol. The summed E-state index contributed by atoms with van der Waals surface area (Å²) in [6, 6.07) is 10.5. The second-order valence-electron chi connectivity index (χ2n) is 7.88. The summed E-state index contributed by atoms with van der Waals surface area (Å²) in [5, 5.41) is 10.6. The molecule has 1 fully saturated rings. The van der Waals surface area contributed by atoms with Crippen molar-refractivity contribution in [1.82, 2.24) is 20.4 Å². The lowest BCUT2D eigenvalue weighted by atomic mass is 9.85. The maximum atomic E-state index is 13.8. The molecule has 2 aliphatic rings. The van der Waals surface area contributed by atoms with E-state index in [9.17, 15) is 13.6 Å². The number of halogens is 2. The third-order valence-corrected chi connectivity index (χ3v) is 5.91. The maximum absolute atomic E-state index is 13.8. The van der Waals surface area contributed by atoms with E-state index in [0.717, 1.165) is 23.9 Å². The summed E-state index contributed by atoms with van der Waals surface area (Å²) in [4.78, 5) is 13.0. The Morgan fingerprint density at radius 3 is 2.84 bits per heavy atom. The summed E-state index contributed by atoms with van der Waals surface area (Å²) in [5.41, 5.74) is 2.87. The van der Waals surface area contributed by atoms with E-state index in [2.05, 4.69) is 15.7 Å². The number of hydrogen-bond donors (Lipinski definition) is 2. The van der Waals surface area contributed by atoms with Crippen molar-refractivity contribution in [3.63, 3.8) is 0 Å². The fourth-order valence-corrected chi connectivity index (χ4v) is 4.43. The molecule has 160 valence electrons. The van der Waals surface area contributed by atoms with Crippen molar-refractivity contribution in [1.29, 1.82) is 0 Å². The van der Waals surface area contributed by atoms with Gasteiger partial charge in [-0.2, -0.15) is 5.10 Å². The first kappa shape index (κ1) is 19.7. The van der Waals surface area contributed by atoms with E-state index in [0.29, 0.717) is 43.0 Å². The zero-order valence-electron chi connectivity index (χ0n) is 16.8. The molecule has 1 saturated heterocycles. The molecule has 6 nitrogen and oxygen atoms in total. The Balaban J connectivity index is 1.38. The maximum Gasteiger partial charge on any atom is 0.251 e. The highest BCUT2D eigenvalue weighted by Gasteiger charge is 2.29. The summed E-state index contributed by atoms with van der Waals surface area (Å²) < 4.78 is 35.2. The van der Waals surface area contributed by atoms with Crippen LogP contribution < -0.4 is 15.4 Å². The summed E-state index contributed by atoms with van der Waals surface area (Å²) in [7, 11) is 0. The molecule has 8 heteroatoms. The molecule has 1 aromatic heterocycles. The molecule has 0 saturated carbocycles. The lowest BCUT2D eigenvalue weighted by Crippen LogP contribution is -2.50. The molecule has 0 aliphatic carbocycles. The fourth-order valence-electron chi connectivity index (χ4n) is 4.43. The first-order valence-corrected chi connectivity index (χ1v) is 10.3. The van der Waals surface area contributed by atoms with E-state index < -0.39 is 11.6 Å². The van der Waals surface area contributed by atoms with Crippen LogP contribution in [0.25, 0.3) is 11.3 Å². The number of nitrogens with zero attached hydrogens (tertiary/aromatic N) is 2. The van der Waals surface area contributed by atoms with Crippen LogP contribution in [0.4, 0.5) is 8.78 Å². The molecule has 31 heavy (non-hydrogen) atoms. The van der Waals surface area contributed by atoms with Crippen LogP contribution in [0.1, 0.15) is 28.3 Å². The number of carbonyl (C=O) groups excluding carboxylic acids is 1. The Kier molecular flexibility index (Phi) is 5.15. The van der Waals surface area contributed by atoms with Crippen LogP contribution in [0.15, 0.2) is 48.7 Å². The second kappa shape index (κ2) is 8.11. The van der Waals surface area contributed by atoms with Gasteiger partial charge in [-0.1, -0.05) is 0 Å². The Morgan fingerprint density at radius 1 is 1.16 bits per heavy atom. The van der Waals surface area contributed by atoms with Gasteiger partial charge in [0.15, 0.2) is 0 Å². The van der Waals surface area contributed by atoms with Gasteiger partial charge in [-0.05, 0) is 54.9 Å². The molecular formula is C23H22F2N4O2. The molecule has 5 rings (SSSR count). The summed E-state index contributed by atoms with van der Waals surface area (Å²) in [6.45, 7) is 2.34. The zero-order valence-corrected chi connectivity index (χ0v) is 16.8. The van der Waals surface area contributed by atoms with Crippen LogP contribution in [0.2, 0.25) is 0 Å². The molecule has 0 bridgehead atoms. The Bertz CT molecular complexity index is 1110. The number of rotatable bonds is 3. The van der Waals surface area contributed by atoms with Gasteiger partial charge in [-0.25, -0.2) is 8.78 Å². The fraction of sp³-hybridized carbons (Fsp3) is 0.304. The monoisotopic (exact) mass is 424 g/mol. The van der Waals surface area contributed by atoms with Gasteiger partial charge in [0.1, 0.15) is 24.0 Å². The molecule has 2 atom stereocenters. The van der Waals surface area contributed by atoms with Crippen molar-refractivity contribution in [3.8, 4) is 17.0 Å². The number of piperidine rings is 1. The van der Waals surface area contributed by atoms with Crippen LogP contribution >= 0.6 is 0 Å². The van der Waals surface area contributed by atoms with Crippen molar-refractivity contribution < 1.29 is 18.3 Å². The van der Waals surface area contributed by atoms with E-state index in [4.69, 9.17) is 4.74 Å². The minimum atomic E-state index is -0.610. The molecule has 3 aromatic rings. The van der Waals surface area contributed by atoms with Gasteiger partial charge in [0.2, 0.25) is 0 Å². The number of nitrogens with one attached hydrogen (secondary N) is 2. The first-order chi connectivity index (χ1) is 15.1. The van der Waals surface area contributed by atoms with Gasteiger partial charge in [-0.15, -0.1) is 0 Å². The minimum Gasteiger partial charge on any atom is -0.491 e. The number of fused-ring (bicyclic) bond motifs is 3. The number of amides is 1. The number of benzene rings is 2. The molecule has 2 aliphatic heterocycles. The van der Waals surface area contributed by atoms with Crippen molar-refractivity contribution in [3.05, 3.63) is 71.4 Å². The van der Waals surface area contributed by atoms with E-state index in [1.165, 1.54) is 12.1 Å². The van der Waals surface area contributed by atoms with Gasteiger partial charge in [0.05, 0.1) is 12.2 Å². The number of carbonyl (C=O) groups is 1. The molecule has 0 spiro atoms. The van der Waals surface area contributed by atoms with Crippen LogP contribution in [0.5, 0.6) is 5.75 Å². The molecule has 0 unspecified atom stereocenters. The molecule has 2 aromatic carbocycles. The Morgan fingerprint density at radius 2 is 2.00 bits per heavy atom.